The molecule has 3 aromatic rings. The van der Waals surface area contributed by atoms with E-state index in [1.807, 2.05) is 97.9 Å². The van der Waals surface area contributed by atoms with Crippen LogP contribution in [0.4, 0.5) is 4.79 Å². The lowest BCUT2D eigenvalue weighted by atomic mass is 9.84. The van der Waals surface area contributed by atoms with E-state index in [0.717, 1.165) is 36.0 Å². The summed E-state index contributed by atoms with van der Waals surface area (Å²) in [4.78, 5) is 51.7. The van der Waals surface area contributed by atoms with Crippen molar-refractivity contribution in [2.75, 3.05) is 20.6 Å². The van der Waals surface area contributed by atoms with Gasteiger partial charge in [-0.2, -0.15) is 0 Å². The Hall–Kier alpha value is -4.50. The molecule has 0 fully saturated rings. The molecule has 0 saturated carbocycles. The molecule has 0 aliphatic heterocycles. The third-order valence-corrected chi connectivity index (χ3v) is 9.31. The summed E-state index contributed by atoms with van der Waals surface area (Å²) in [6, 6.07) is 28.1. The van der Waals surface area contributed by atoms with Gasteiger partial charge in [-0.1, -0.05) is 111 Å². The Balaban J connectivity index is 1.61. The van der Waals surface area contributed by atoms with Gasteiger partial charge in [-0.25, -0.2) is 4.79 Å². The number of benzene rings is 3. The van der Waals surface area contributed by atoms with E-state index in [1.54, 1.807) is 14.1 Å². The average Bonchev–Trinajstić information content (AvgIpc) is 3.12. The van der Waals surface area contributed by atoms with E-state index < -0.39 is 12.1 Å². The lowest BCUT2D eigenvalue weighted by molar-refractivity contribution is -0.129. The Morgan fingerprint density at radius 2 is 1.20 bits per heavy atom. The van der Waals surface area contributed by atoms with Gasteiger partial charge in [0.1, 0.15) is 0 Å². The van der Waals surface area contributed by atoms with Crippen LogP contribution in [0.3, 0.4) is 0 Å². The molecule has 3 unspecified atom stereocenters. The monoisotopic (exact) mass is 669 g/mol. The second kappa shape index (κ2) is 20.8. The van der Waals surface area contributed by atoms with E-state index in [9.17, 15) is 19.2 Å². The van der Waals surface area contributed by atoms with E-state index in [1.165, 1.54) is 6.92 Å². The molecule has 9 heteroatoms. The molecule has 9 nitrogen and oxygen atoms in total. The Labute approximate surface area is 292 Å². The van der Waals surface area contributed by atoms with Crippen LogP contribution < -0.4 is 26.6 Å². The first kappa shape index (κ1) is 38.9. The smallest absolute Gasteiger partial charge is 0.314 e. The number of hydrogen-bond donors (Lipinski definition) is 5. The van der Waals surface area contributed by atoms with E-state index in [0.29, 0.717) is 25.8 Å². The SMILES string of the molecule is CNC(=O)NCCC(CC[C@H](C)CC[C@H](C)C(=O)NC(c1ccccc1)c1ccccc1)C(NC(=O)C(Cc1ccccc1)NC)C(C)=O. The molecule has 0 aliphatic carbocycles. The molecular weight excluding hydrogens is 614 g/mol. The van der Waals surface area contributed by atoms with Crippen LogP contribution in [0.15, 0.2) is 91.0 Å². The highest BCUT2D eigenvalue weighted by Crippen LogP contribution is 2.26. The van der Waals surface area contributed by atoms with Crippen molar-refractivity contribution in [2.45, 2.75) is 77.4 Å². The number of nitrogens with one attached hydrogen (secondary N) is 5. The van der Waals surface area contributed by atoms with Crippen LogP contribution >= 0.6 is 0 Å². The predicted octanol–water partition coefficient (Wildman–Crippen LogP) is 5.56. The van der Waals surface area contributed by atoms with Crippen molar-refractivity contribution in [1.82, 2.24) is 26.6 Å². The highest BCUT2D eigenvalue weighted by atomic mass is 16.2. The van der Waals surface area contributed by atoms with E-state index in [-0.39, 0.29) is 47.4 Å². The lowest BCUT2D eigenvalue weighted by Gasteiger charge is -2.29. The minimum Gasteiger partial charge on any atom is -0.345 e. The Kier molecular flexibility index (Phi) is 16.5. The van der Waals surface area contributed by atoms with Gasteiger partial charge in [-0.15, -0.1) is 0 Å². The van der Waals surface area contributed by atoms with Crippen molar-refractivity contribution in [3.8, 4) is 0 Å². The fourth-order valence-corrected chi connectivity index (χ4v) is 6.16. The van der Waals surface area contributed by atoms with Crippen LogP contribution in [-0.4, -0.2) is 56.4 Å². The van der Waals surface area contributed by atoms with Crippen molar-refractivity contribution in [1.29, 1.82) is 0 Å². The number of amides is 4. The van der Waals surface area contributed by atoms with Gasteiger partial charge in [0.25, 0.3) is 0 Å². The van der Waals surface area contributed by atoms with Crippen molar-refractivity contribution >= 4 is 23.6 Å². The first-order valence-electron chi connectivity index (χ1n) is 17.5. The van der Waals surface area contributed by atoms with Gasteiger partial charge in [0, 0.05) is 19.5 Å². The number of rotatable bonds is 20. The highest BCUT2D eigenvalue weighted by Gasteiger charge is 2.30. The molecule has 5 atom stereocenters. The third-order valence-electron chi connectivity index (χ3n) is 9.31. The Morgan fingerprint density at radius 1 is 0.653 bits per heavy atom. The first-order chi connectivity index (χ1) is 23.6. The normalized spacial score (nSPS) is 14.2. The summed E-state index contributed by atoms with van der Waals surface area (Å²) in [5.41, 5.74) is 3.09. The quantitative estimate of drug-likeness (QED) is 0.108. The summed E-state index contributed by atoms with van der Waals surface area (Å²) in [6.45, 7) is 6.02. The van der Waals surface area contributed by atoms with Crippen molar-refractivity contribution in [3.05, 3.63) is 108 Å². The number of carbonyl (C=O) groups is 4. The number of carbonyl (C=O) groups excluding carboxylic acids is 4. The van der Waals surface area contributed by atoms with Crippen LogP contribution in [-0.2, 0) is 20.8 Å². The fourth-order valence-electron chi connectivity index (χ4n) is 6.16. The first-order valence-corrected chi connectivity index (χ1v) is 17.5. The molecule has 0 saturated heterocycles. The topological polar surface area (TPSA) is 128 Å². The summed E-state index contributed by atoms with van der Waals surface area (Å²) in [6.07, 6.45) is 4.10. The average molecular weight is 670 g/mol. The maximum Gasteiger partial charge on any atom is 0.314 e. The van der Waals surface area contributed by atoms with Gasteiger partial charge in [0.2, 0.25) is 11.8 Å². The summed E-state index contributed by atoms with van der Waals surface area (Å²) >= 11 is 0. The molecule has 0 spiro atoms. The summed E-state index contributed by atoms with van der Waals surface area (Å²) in [7, 11) is 3.30. The van der Waals surface area contributed by atoms with Crippen LogP contribution in [0.5, 0.6) is 0 Å². The van der Waals surface area contributed by atoms with Gasteiger partial charge >= 0.3 is 6.03 Å². The second-order valence-corrected chi connectivity index (χ2v) is 13.1. The van der Waals surface area contributed by atoms with E-state index >= 15 is 0 Å². The Morgan fingerprint density at radius 3 is 1.73 bits per heavy atom. The van der Waals surface area contributed by atoms with Gasteiger partial charge in [0.05, 0.1) is 18.1 Å². The molecule has 49 heavy (non-hydrogen) atoms. The summed E-state index contributed by atoms with van der Waals surface area (Å²) in [5.74, 6) is -0.400. The number of Topliss-reactive ketones (excluding diaryl/α,β-unsaturated/α-hetero) is 1. The van der Waals surface area contributed by atoms with Crippen LogP contribution in [0.2, 0.25) is 0 Å². The molecule has 0 aromatic heterocycles. The maximum absolute atomic E-state index is 13.4. The van der Waals surface area contributed by atoms with Gasteiger partial charge in [-0.05, 0) is 74.6 Å². The van der Waals surface area contributed by atoms with Crippen molar-refractivity contribution in [2.24, 2.45) is 17.8 Å². The minimum absolute atomic E-state index is 0.0111. The maximum atomic E-state index is 13.4. The van der Waals surface area contributed by atoms with Gasteiger partial charge < -0.3 is 26.6 Å². The number of urea groups is 1. The van der Waals surface area contributed by atoms with E-state index in [4.69, 9.17) is 0 Å². The van der Waals surface area contributed by atoms with Crippen LogP contribution in [0, 0.1) is 17.8 Å². The van der Waals surface area contributed by atoms with Gasteiger partial charge in [0.15, 0.2) is 5.78 Å². The summed E-state index contributed by atoms with van der Waals surface area (Å²) in [5, 5.41) is 14.8. The molecule has 3 rings (SSSR count). The third kappa shape index (κ3) is 13.1. The molecule has 0 radical (unpaired) electrons. The minimum atomic E-state index is -0.685. The highest BCUT2D eigenvalue weighted by molar-refractivity contribution is 5.90. The zero-order valence-corrected chi connectivity index (χ0v) is 29.7. The van der Waals surface area contributed by atoms with Crippen molar-refractivity contribution < 1.29 is 19.2 Å². The molecule has 3 aromatic carbocycles. The largest absolute Gasteiger partial charge is 0.345 e. The van der Waals surface area contributed by atoms with Crippen LogP contribution in [0.1, 0.15) is 75.6 Å². The second-order valence-electron chi connectivity index (χ2n) is 13.1. The number of hydrogen-bond acceptors (Lipinski definition) is 5. The van der Waals surface area contributed by atoms with E-state index in [2.05, 4.69) is 33.5 Å². The predicted molar refractivity (Wildman–Crippen MR) is 196 cm³/mol. The molecule has 0 aliphatic rings. The van der Waals surface area contributed by atoms with Gasteiger partial charge in [-0.3, -0.25) is 14.4 Å². The number of ketones is 1. The fraction of sp³-hybridized carbons (Fsp3) is 0.450. The molecule has 5 N–H and O–H groups in total. The zero-order valence-electron chi connectivity index (χ0n) is 29.7. The molecule has 264 valence electrons. The molecular formula is C40H55N5O4. The molecule has 4 amide bonds. The Bertz CT molecular complexity index is 1400. The van der Waals surface area contributed by atoms with Crippen LogP contribution in [0.25, 0.3) is 0 Å². The molecule has 0 heterocycles. The molecule has 0 bridgehead atoms. The lowest BCUT2D eigenvalue weighted by Crippen LogP contribution is -2.52. The van der Waals surface area contributed by atoms with Crippen molar-refractivity contribution in [3.63, 3.8) is 0 Å². The summed E-state index contributed by atoms with van der Waals surface area (Å²) < 4.78 is 0. The zero-order chi connectivity index (χ0) is 35.6. The standard InChI is InChI=1S/C40H55N5O4/c1-28(21-23-29(2)38(47)45-37(32-17-11-7-12-18-32)33-19-13-8-14-20-33)22-24-34(25-26-43-40(49)42-5)36(30(3)46)44-39(48)35(41-4)27-31-15-9-6-10-16-31/h6-20,28-29,34-37,41H,21-27H2,1-5H3,(H,44,48)(H,45,47)(H2,42,43,49)/t28-,29+,34?,35?,36?/m1/s1. The number of likely N-dealkylation sites (N-methyl/N-ethyl adjacent to an activating group) is 1.